The molecule has 32 heavy (non-hydrogen) atoms. The van der Waals surface area contributed by atoms with E-state index in [1.165, 1.54) is 17.2 Å². The van der Waals surface area contributed by atoms with E-state index in [2.05, 4.69) is 35.3 Å². The first kappa shape index (κ1) is 20.4. The maximum absolute atomic E-state index is 13.6. The lowest BCUT2D eigenvalue weighted by atomic mass is 9.88. The molecule has 164 valence electrons. The van der Waals surface area contributed by atoms with Crippen LogP contribution in [-0.4, -0.2) is 32.8 Å². The standard InChI is InChI=1S/C26H27N3O3/c1-17(2)28-22-14-8-12-18-9-6-7-13-20(18)23(19-10-4-3-5-11-19)29(22)27-16-15-21(30)25(31)24(27)26(28)32/h3-7,9-11,13,15-17,22-23,31H,8,12,14H2,1-2H3/t22-,23+/m0/s1. The highest BCUT2D eigenvalue weighted by molar-refractivity contribution is 5.96. The van der Waals surface area contributed by atoms with E-state index in [4.69, 9.17) is 0 Å². The number of benzene rings is 2. The van der Waals surface area contributed by atoms with Crippen LogP contribution in [0.2, 0.25) is 0 Å². The highest BCUT2D eigenvalue weighted by Crippen LogP contribution is 2.39. The molecule has 2 aliphatic rings. The topological polar surface area (TPSA) is 65.8 Å². The molecule has 3 heterocycles. The summed E-state index contributed by atoms with van der Waals surface area (Å²) in [5.74, 6) is -0.805. The van der Waals surface area contributed by atoms with Gasteiger partial charge in [-0.05, 0) is 49.8 Å². The van der Waals surface area contributed by atoms with Crippen molar-refractivity contribution in [3.63, 3.8) is 0 Å². The van der Waals surface area contributed by atoms with Crippen LogP contribution in [0.4, 0.5) is 0 Å². The molecule has 1 N–H and O–H groups in total. The average Bonchev–Trinajstić information content (AvgIpc) is 2.78. The van der Waals surface area contributed by atoms with Crippen LogP contribution >= 0.6 is 0 Å². The highest BCUT2D eigenvalue weighted by Gasteiger charge is 2.44. The van der Waals surface area contributed by atoms with Crippen LogP contribution < -0.4 is 10.4 Å². The molecule has 1 amide bonds. The zero-order chi connectivity index (χ0) is 22.4. The summed E-state index contributed by atoms with van der Waals surface area (Å²) in [5.41, 5.74) is 3.02. The smallest absolute Gasteiger partial charge is 0.278 e. The quantitative estimate of drug-likeness (QED) is 0.673. The minimum atomic E-state index is -0.546. The van der Waals surface area contributed by atoms with Crippen molar-refractivity contribution in [2.75, 3.05) is 5.01 Å². The Kier molecular flexibility index (Phi) is 5.00. The summed E-state index contributed by atoms with van der Waals surface area (Å²) in [4.78, 5) is 27.7. The number of rotatable bonds is 2. The number of fused-ring (bicyclic) bond motifs is 4. The van der Waals surface area contributed by atoms with Gasteiger partial charge >= 0.3 is 0 Å². The van der Waals surface area contributed by atoms with Crippen molar-refractivity contribution in [3.05, 3.63) is 99.5 Å². The first-order valence-electron chi connectivity index (χ1n) is 11.2. The van der Waals surface area contributed by atoms with Crippen molar-refractivity contribution in [1.82, 2.24) is 9.58 Å². The van der Waals surface area contributed by atoms with Crippen LogP contribution in [0.3, 0.4) is 0 Å². The van der Waals surface area contributed by atoms with E-state index in [1.807, 2.05) is 43.0 Å². The van der Waals surface area contributed by atoms with Crippen LogP contribution in [0.1, 0.15) is 59.9 Å². The normalized spacial score (nSPS) is 20.3. The molecule has 1 aromatic heterocycles. The molecule has 0 radical (unpaired) electrons. The summed E-state index contributed by atoms with van der Waals surface area (Å²) in [6, 6.07) is 19.7. The number of hydrogen-bond acceptors (Lipinski definition) is 4. The molecule has 2 atom stereocenters. The molecular weight excluding hydrogens is 402 g/mol. The van der Waals surface area contributed by atoms with E-state index in [1.54, 1.807) is 10.9 Å². The second kappa shape index (κ2) is 7.86. The number of aromatic hydroxyl groups is 1. The summed E-state index contributed by atoms with van der Waals surface area (Å²) in [7, 11) is 0. The Morgan fingerprint density at radius 2 is 1.69 bits per heavy atom. The predicted octanol–water partition coefficient (Wildman–Crippen LogP) is 3.81. The molecule has 0 fully saturated rings. The second-order valence-corrected chi connectivity index (χ2v) is 8.79. The molecule has 0 spiro atoms. The Hall–Kier alpha value is -3.54. The minimum absolute atomic E-state index is 0.0291. The molecule has 0 bridgehead atoms. The number of aromatic nitrogens is 1. The fourth-order valence-corrected chi connectivity index (χ4v) is 5.20. The van der Waals surface area contributed by atoms with Gasteiger partial charge in [-0.3, -0.25) is 19.3 Å². The molecule has 0 aliphatic carbocycles. The third-order valence-electron chi connectivity index (χ3n) is 6.56. The van der Waals surface area contributed by atoms with Gasteiger partial charge in [-0.1, -0.05) is 54.6 Å². The van der Waals surface area contributed by atoms with Gasteiger partial charge in [-0.2, -0.15) is 0 Å². The van der Waals surface area contributed by atoms with Crippen molar-refractivity contribution in [2.24, 2.45) is 0 Å². The average molecular weight is 430 g/mol. The molecule has 6 heteroatoms. The number of amides is 1. The third-order valence-corrected chi connectivity index (χ3v) is 6.56. The molecule has 2 aliphatic heterocycles. The predicted molar refractivity (Wildman–Crippen MR) is 123 cm³/mol. The van der Waals surface area contributed by atoms with E-state index in [9.17, 15) is 14.7 Å². The lowest BCUT2D eigenvalue weighted by Crippen LogP contribution is -2.64. The third kappa shape index (κ3) is 3.09. The number of pyridine rings is 1. The van der Waals surface area contributed by atoms with Crippen LogP contribution in [0.15, 0.2) is 71.7 Å². The van der Waals surface area contributed by atoms with Crippen molar-refractivity contribution in [3.8, 4) is 5.75 Å². The molecular formula is C26H27N3O3. The van der Waals surface area contributed by atoms with Gasteiger partial charge in [0.05, 0.1) is 6.04 Å². The second-order valence-electron chi connectivity index (χ2n) is 8.79. The number of aryl methyl sites for hydroxylation is 1. The minimum Gasteiger partial charge on any atom is -0.502 e. The summed E-state index contributed by atoms with van der Waals surface area (Å²) < 4.78 is 1.71. The van der Waals surface area contributed by atoms with E-state index in [0.717, 1.165) is 24.8 Å². The number of carbonyl (C=O) groups is 1. The molecule has 6 nitrogen and oxygen atoms in total. The molecule has 0 saturated heterocycles. The van der Waals surface area contributed by atoms with Crippen LogP contribution in [0.25, 0.3) is 0 Å². The molecule has 2 aromatic carbocycles. The Balaban J connectivity index is 1.84. The number of nitrogens with zero attached hydrogens (tertiary/aromatic N) is 3. The fraction of sp³-hybridized carbons (Fsp3) is 0.308. The van der Waals surface area contributed by atoms with Crippen LogP contribution in [0.5, 0.6) is 5.75 Å². The van der Waals surface area contributed by atoms with Crippen LogP contribution in [-0.2, 0) is 6.42 Å². The van der Waals surface area contributed by atoms with Gasteiger partial charge in [-0.25, -0.2) is 0 Å². The van der Waals surface area contributed by atoms with E-state index >= 15 is 0 Å². The molecule has 5 rings (SSSR count). The Labute approximate surface area is 187 Å². The summed E-state index contributed by atoms with van der Waals surface area (Å²) >= 11 is 0. The highest BCUT2D eigenvalue weighted by atomic mass is 16.3. The monoisotopic (exact) mass is 429 g/mol. The van der Waals surface area contributed by atoms with Crippen molar-refractivity contribution in [2.45, 2.75) is 51.4 Å². The van der Waals surface area contributed by atoms with Crippen LogP contribution in [0, 0.1) is 0 Å². The lowest BCUT2D eigenvalue weighted by Gasteiger charge is -2.52. The van der Waals surface area contributed by atoms with Gasteiger partial charge < -0.3 is 10.0 Å². The first-order chi connectivity index (χ1) is 15.5. The maximum Gasteiger partial charge on any atom is 0.278 e. The number of carbonyl (C=O) groups excluding carboxylic acids is 1. The van der Waals surface area contributed by atoms with Gasteiger partial charge in [0.25, 0.3) is 5.91 Å². The summed E-state index contributed by atoms with van der Waals surface area (Å²) in [5, 5.41) is 12.8. The van der Waals surface area contributed by atoms with E-state index in [-0.39, 0.29) is 29.9 Å². The lowest BCUT2D eigenvalue weighted by molar-refractivity contribution is 0.0440. The summed E-state index contributed by atoms with van der Waals surface area (Å²) in [6.07, 6.45) is 4.06. The van der Waals surface area contributed by atoms with Gasteiger partial charge in [0.1, 0.15) is 6.17 Å². The first-order valence-corrected chi connectivity index (χ1v) is 11.2. The van der Waals surface area contributed by atoms with Crippen molar-refractivity contribution < 1.29 is 9.90 Å². The van der Waals surface area contributed by atoms with Crippen molar-refractivity contribution in [1.29, 1.82) is 0 Å². The summed E-state index contributed by atoms with van der Waals surface area (Å²) in [6.45, 7) is 3.96. The van der Waals surface area contributed by atoms with Crippen molar-refractivity contribution >= 4 is 5.91 Å². The van der Waals surface area contributed by atoms with Gasteiger partial charge in [0, 0.05) is 18.3 Å². The molecule has 3 aromatic rings. The fourth-order valence-electron chi connectivity index (χ4n) is 5.20. The van der Waals surface area contributed by atoms with Gasteiger partial charge in [0.2, 0.25) is 5.43 Å². The SMILES string of the molecule is CC(C)N1C(=O)c2c(O)c(=O)ccn2N2[C@H](c3ccccc3)c3ccccc3CCC[C@@H]12. The Morgan fingerprint density at radius 3 is 2.44 bits per heavy atom. The molecule has 0 unspecified atom stereocenters. The maximum atomic E-state index is 13.6. The largest absolute Gasteiger partial charge is 0.502 e. The Morgan fingerprint density at radius 1 is 0.969 bits per heavy atom. The van der Waals surface area contributed by atoms with E-state index in [0.29, 0.717) is 0 Å². The van der Waals surface area contributed by atoms with Gasteiger partial charge in [0.15, 0.2) is 11.4 Å². The zero-order valence-electron chi connectivity index (χ0n) is 18.3. The van der Waals surface area contributed by atoms with Gasteiger partial charge in [-0.15, -0.1) is 0 Å². The van der Waals surface area contributed by atoms with E-state index < -0.39 is 11.2 Å². The number of hydrogen-bond donors (Lipinski definition) is 1. The zero-order valence-corrected chi connectivity index (χ0v) is 18.3. The Bertz CT molecular complexity index is 1220. The molecule has 0 saturated carbocycles.